The molecular formula is C10H15BrN2O2. The van der Waals surface area contributed by atoms with Gasteiger partial charge in [0, 0.05) is 12.8 Å². The molecule has 0 amide bonds. The predicted molar refractivity (Wildman–Crippen MR) is 62.1 cm³/mol. The Morgan fingerprint density at radius 2 is 2.13 bits per heavy atom. The summed E-state index contributed by atoms with van der Waals surface area (Å²) in [5.41, 5.74) is 1.38. The van der Waals surface area contributed by atoms with Crippen LogP contribution >= 0.6 is 15.9 Å². The highest BCUT2D eigenvalue weighted by Gasteiger charge is 2.11. The lowest BCUT2D eigenvalue weighted by Gasteiger charge is -2.15. The molecule has 1 rings (SSSR count). The Labute approximate surface area is 97.4 Å². The van der Waals surface area contributed by atoms with Gasteiger partial charge in [0.15, 0.2) is 0 Å². The minimum atomic E-state index is -0.225. The van der Waals surface area contributed by atoms with Gasteiger partial charge in [-0.2, -0.15) is 4.98 Å². The fourth-order valence-corrected chi connectivity index (χ4v) is 1.63. The zero-order valence-electron chi connectivity index (χ0n) is 9.37. The smallest absolute Gasteiger partial charge is 0.348 e. The van der Waals surface area contributed by atoms with Gasteiger partial charge in [0.1, 0.15) is 0 Å². The summed E-state index contributed by atoms with van der Waals surface area (Å²) in [6.45, 7) is 6.14. The quantitative estimate of drug-likeness (QED) is 0.842. The van der Waals surface area contributed by atoms with Crippen molar-refractivity contribution >= 4 is 15.9 Å². The molecule has 0 radical (unpaired) electrons. The summed E-state index contributed by atoms with van der Waals surface area (Å²) >= 11 is 3.41. The molecule has 0 aliphatic rings. The lowest BCUT2D eigenvalue weighted by molar-refractivity contribution is 0.101. The number of aryl methyl sites for hydroxylation is 1. The number of hydrogen-bond donors (Lipinski definition) is 0. The van der Waals surface area contributed by atoms with E-state index in [4.69, 9.17) is 4.74 Å². The van der Waals surface area contributed by atoms with E-state index in [0.29, 0.717) is 6.54 Å². The van der Waals surface area contributed by atoms with Crippen molar-refractivity contribution in [3.8, 4) is 0 Å². The van der Waals surface area contributed by atoms with E-state index >= 15 is 0 Å². The molecule has 0 aromatic carbocycles. The van der Waals surface area contributed by atoms with Crippen molar-refractivity contribution in [1.82, 2.24) is 9.55 Å². The van der Waals surface area contributed by atoms with Gasteiger partial charge in [0.2, 0.25) is 0 Å². The molecule has 0 bridgehead atoms. The first kappa shape index (κ1) is 12.4. The second kappa shape index (κ2) is 4.90. The average Bonchev–Trinajstić information content (AvgIpc) is 2.21. The van der Waals surface area contributed by atoms with E-state index < -0.39 is 0 Å². The Morgan fingerprint density at radius 1 is 1.53 bits per heavy atom. The topological polar surface area (TPSA) is 44.1 Å². The van der Waals surface area contributed by atoms with E-state index in [1.54, 1.807) is 11.7 Å². The van der Waals surface area contributed by atoms with Crippen molar-refractivity contribution in [1.29, 1.82) is 0 Å². The van der Waals surface area contributed by atoms with Crippen LogP contribution in [0.3, 0.4) is 0 Å². The molecule has 1 aromatic heterocycles. The fraction of sp³-hybridized carbons (Fsp3) is 0.600. The summed E-state index contributed by atoms with van der Waals surface area (Å²) in [4.78, 5) is 15.6. The maximum atomic E-state index is 11.6. The lowest BCUT2D eigenvalue weighted by Crippen LogP contribution is -2.30. The zero-order chi connectivity index (χ0) is 11.6. The summed E-state index contributed by atoms with van der Waals surface area (Å²) in [6.07, 6.45) is -0.00203. The maximum Gasteiger partial charge on any atom is 0.348 e. The van der Waals surface area contributed by atoms with Crippen molar-refractivity contribution in [2.45, 2.75) is 33.4 Å². The third-order valence-electron chi connectivity index (χ3n) is 2.38. The first-order chi connectivity index (χ1) is 6.97. The molecule has 0 aliphatic heterocycles. The largest absolute Gasteiger partial charge is 0.380 e. The molecule has 84 valence electrons. The van der Waals surface area contributed by atoms with Gasteiger partial charge in [-0.25, -0.2) is 4.79 Å². The molecule has 0 spiro atoms. The number of nitrogens with zero attached hydrogens (tertiary/aromatic N) is 2. The molecular weight excluding hydrogens is 260 g/mol. The molecule has 0 saturated carbocycles. The second-order valence-electron chi connectivity index (χ2n) is 3.54. The summed E-state index contributed by atoms with van der Waals surface area (Å²) in [5.74, 6) is 0. The van der Waals surface area contributed by atoms with Gasteiger partial charge in [-0.1, -0.05) is 0 Å². The predicted octanol–water partition coefficient (Wildman–Crippen LogP) is 1.66. The third-order valence-corrected chi connectivity index (χ3v) is 3.52. The van der Waals surface area contributed by atoms with Crippen molar-refractivity contribution in [3.05, 3.63) is 26.3 Å². The van der Waals surface area contributed by atoms with Crippen molar-refractivity contribution < 1.29 is 4.74 Å². The van der Waals surface area contributed by atoms with Crippen LogP contribution in [-0.4, -0.2) is 22.8 Å². The van der Waals surface area contributed by atoms with E-state index in [2.05, 4.69) is 20.9 Å². The van der Waals surface area contributed by atoms with E-state index in [9.17, 15) is 4.79 Å². The Morgan fingerprint density at radius 3 is 2.67 bits per heavy atom. The molecule has 1 aromatic rings. The van der Waals surface area contributed by atoms with Crippen LogP contribution in [0.4, 0.5) is 0 Å². The molecule has 0 fully saturated rings. The van der Waals surface area contributed by atoms with Gasteiger partial charge in [0.05, 0.1) is 22.8 Å². The number of methoxy groups -OCH3 is 1. The number of ether oxygens (including phenoxy) is 1. The Hall–Kier alpha value is -0.680. The highest BCUT2D eigenvalue weighted by molar-refractivity contribution is 9.10. The number of hydrogen-bond acceptors (Lipinski definition) is 3. The molecule has 0 aliphatic carbocycles. The summed E-state index contributed by atoms with van der Waals surface area (Å²) < 4.78 is 7.63. The van der Waals surface area contributed by atoms with Gasteiger partial charge in [-0.05, 0) is 36.7 Å². The minimum Gasteiger partial charge on any atom is -0.380 e. The summed E-state index contributed by atoms with van der Waals surface area (Å²) in [5, 5.41) is 0. The molecule has 4 nitrogen and oxygen atoms in total. The number of aromatic nitrogens is 2. The van der Waals surface area contributed by atoms with E-state index in [0.717, 1.165) is 15.9 Å². The van der Waals surface area contributed by atoms with Gasteiger partial charge in [0.25, 0.3) is 0 Å². The molecule has 1 heterocycles. The molecule has 5 heteroatoms. The Balaban J connectivity index is 3.18. The monoisotopic (exact) mass is 274 g/mol. The number of rotatable bonds is 3. The number of halogens is 1. The fourth-order valence-electron chi connectivity index (χ4n) is 1.32. The van der Waals surface area contributed by atoms with Gasteiger partial charge in [-0.3, -0.25) is 4.57 Å². The van der Waals surface area contributed by atoms with Crippen LogP contribution in [0, 0.1) is 13.8 Å². The highest BCUT2D eigenvalue weighted by Crippen LogP contribution is 2.16. The maximum absolute atomic E-state index is 11.6. The van der Waals surface area contributed by atoms with Gasteiger partial charge >= 0.3 is 5.69 Å². The van der Waals surface area contributed by atoms with Crippen LogP contribution in [0.1, 0.15) is 18.3 Å². The third kappa shape index (κ3) is 2.66. The van der Waals surface area contributed by atoms with Crippen LogP contribution in [0.25, 0.3) is 0 Å². The van der Waals surface area contributed by atoms with Crippen molar-refractivity contribution in [2.24, 2.45) is 0 Å². The zero-order valence-corrected chi connectivity index (χ0v) is 11.0. The first-order valence-electron chi connectivity index (χ1n) is 4.73. The first-order valence-corrected chi connectivity index (χ1v) is 5.53. The second-order valence-corrected chi connectivity index (χ2v) is 4.33. The van der Waals surface area contributed by atoms with Crippen molar-refractivity contribution in [2.75, 3.05) is 7.11 Å². The molecule has 1 unspecified atom stereocenters. The van der Waals surface area contributed by atoms with Crippen LogP contribution in [0.15, 0.2) is 9.27 Å². The van der Waals surface area contributed by atoms with E-state index in [1.165, 1.54) is 0 Å². The standard InChI is InChI=1S/C10H15BrN2O2/c1-6(15-4)5-13-8(3)9(11)7(2)12-10(13)14/h6H,5H2,1-4H3. The summed E-state index contributed by atoms with van der Waals surface area (Å²) in [6, 6.07) is 0. The SMILES string of the molecule is COC(C)Cn1c(C)c(Br)c(C)nc1=O. The van der Waals surface area contributed by atoms with Crippen LogP contribution in [0.2, 0.25) is 0 Å². The van der Waals surface area contributed by atoms with Crippen LogP contribution in [0.5, 0.6) is 0 Å². The van der Waals surface area contributed by atoms with Gasteiger partial charge in [-0.15, -0.1) is 0 Å². The molecule has 0 N–H and O–H groups in total. The lowest BCUT2D eigenvalue weighted by atomic mass is 10.3. The average molecular weight is 275 g/mol. The minimum absolute atomic E-state index is 0.00203. The van der Waals surface area contributed by atoms with Gasteiger partial charge < -0.3 is 4.74 Å². The highest BCUT2D eigenvalue weighted by atomic mass is 79.9. The van der Waals surface area contributed by atoms with Crippen molar-refractivity contribution in [3.63, 3.8) is 0 Å². The summed E-state index contributed by atoms with van der Waals surface area (Å²) in [7, 11) is 1.63. The molecule has 1 atom stereocenters. The van der Waals surface area contributed by atoms with E-state index in [1.807, 2.05) is 20.8 Å². The Kier molecular flexibility index (Phi) is 4.04. The van der Waals surface area contributed by atoms with Crippen LogP contribution in [-0.2, 0) is 11.3 Å². The normalized spacial score (nSPS) is 12.9. The van der Waals surface area contributed by atoms with Crippen LogP contribution < -0.4 is 5.69 Å². The van der Waals surface area contributed by atoms with E-state index in [-0.39, 0.29) is 11.8 Å². The molecule has 15 heavy (non-hydrogen) atoms. The molecule has 0 saturated heterocycles. The Bertz CT molecular complexity index is 415.